The zero-order chi connectivity index (χ0) is 13.7. The van der Waals surface area contributed by atoms with Gasteiger partial charge in [0.1, 0.15) is 6.04 Å². The number of nitrogens with zero attached hydrogens (tertiary/aromatic N) is 1. The summed E-state index contributed by atoms with van der Waals surface area (Å²) in [7, 11) is 2.04. The molecule has 1 N–H and O–H groups in total. The van der Waals surface area contributed by atoms with Gasteiger partial charge >= 0.3 is 5.97 Å². The van der Waals surface area contributed by atoms with Gasteiger partial charge in [-0.05, 0) is 39.7 Å². The van der Waals surface area contributed by atoms with Gasteiger partial charge in [0, 0.05) is 25.7 Å². The highest BCUT2D eigenvalue weighted by molar-refractivity contribution is 5.76. The van der Waals surface area contributed by atoms with E-state index >= 15 is 0 Å². The molecule has 1 saturated carbocycles. The molecule has 0 amide bonds. The van der Waals surface area contributed by atoms with Crippen molar-refractivity contribution in [2.75, 3.05) is 33.4 Å². The van der Waals surface area contributed by atoms with Crippen LogP contribution in [0.4, 0.5) is 0 Å². The van der Waals surface area contributed by atoms with Gasteiger partial charge in [-0.2, -0.15) is 0 Å². The molecule has 19 heavy (non-hydrogen) atoms. The van der Waals surface area contributed by atoms with Gasteiger partial charge in [-0.25, -0.2) is 0 Å². The van der Waals surface area contributed by atoms with Gasteiger partial charge in [-0.15, -0.1) is 0 Å². The van der Waals surface area contributed by atoms with Crippen LogP contribution in [0.15, 0.2) is 0 Å². The molecule has 1 saturated heterocycles. The summed E-state index contributed by atoms with van der Waals surface area (Å²) in [6.07, 6.45) is 4.95. The summed E-state index contributed by atoms with van der Waals surface area (Å²) in [5, 5.41) is 3.37. The Bertz CT molecular complexity index is 288. The van der Waals surface area contributed by atoms with Crippen LogP contribution >= 0.6 is 0 Å². The first-order valence-electron chi connectivity index (χ1n) is 7.42. The predicted octanol–water partition coefficient (Wildman–Crippen LogP) is 0.781. The van der Waals surface area contributed by atoms with Gasteiger partial charge in [0.2, 0.25) is 0 Å². The molecule has 1 aliphatic carbocycles. The van der Waals surface area contributed by atoms with Crippen molar-refractivity contribution in [2.24, 2.45) is 0 Å². The second kappa shape index (κ2) is 7.22. The molecule has 1 heterocycles. The van der Waals surface area contributed by atoms with E-state index in [4.69, 9.17) is 9.47 Å². The molecule has 2 unspecified atom stereocenters. The van der Waals surface area contributed by atoms with Gasteiger partial charge in [-0.1, -0.05) is 0 Å². The molecular formula is C14H26N2O3. The monoisotopic (exact) mass is 270 g/mol. The maximum Gasteiger partial charge on any atom is 0.324 e. The first kappa shape index (κ1) is 14.8. The van der Waals surface area contributed by atoms with E-state index in [1.54, 1.807) is 0 Å². The first-order valence-corrected chi connectivity index (χ1v) is 7.42. The fraction of sp³-hybridized carbons (Fsp3) is 0.929. The van der Waals surface area contributed by atoms with E-state index < -0.39 is 0 Å². The first-order chi connectivity index (χ1) is 9.19. The maximum absolute atomic E-state index is 11.9. The number of carbonyl (C=O) groups excluding carboxylic acids is 1. The van der Waals surface area contributed by atoms with Crippen molar-refractivity contribution in [3.8, 4) is 0 Å². The second-order valence-corrected chi connectivity index (χ2v) is 5.60. The van der Waals surface area contributed by atoms with Crippen LogP contribution in [0.25, 0.3) is 0 Å². The fourth-order valence-electron chi connectivity index (χ4n) is 2.49. The third-order valence-electron chi connectivity index (χ3n) is 3.62. The minimum atomic E-state index is -0.209. The number of hydrogen-bond acceptors (Lipinski definition) is 5. The highest BCUT2D eigenvalue weighted by Crippen LogP contribution is 2.20. The molecule has 0 aromatic heterocycles. The van der Waals surface area contributed by atoms with Gasteiger partial charge in [0.15, 0.2) is 0 Å². The number of nitrogens with one attached hydrogen (secondary N) is 1. The minimum absolute atomic E-state index is 0.131. The molecule has 5 heteroatoms. The standard InChI is InChI=1S/C14H26N2O3/c1-3-18-14(17)13(15-11-6-7-11)10-16(2)9-12-5-4-8-19-12/h11-13,15H,3-10H2,1-2H3. The van der Waals surface area contributed by atoms with Crippen LogP contribution in [0.3, 0.4) is 0 Å². The van der Waals surface area contributed by atoms with Crippen LogP contribution in [-0.4, -0.2) is 62.4 Å². The van der Waals surface area contributed by atoms with E-state index in [2.05, 4.69) is 10.2 Å². The van der Waals surface area contributed by atoms with Crippen molar-refractivity contribution in [1.29, 1.82) is 0 Å². The Morgan fingerprint density at radius 2 is 2.26 bits per heavy atom. The maximum atomic E-state index is 11.9. The zero-order valence-electron chi connectivity index (χ0n) is 12.1. The Morgan fingerprint density at radius 1 is 1.47 bits per heavy atom. The number of hydrogen-bond donors (Lipinski definition) is 1. The van der Waals surface area contributed by atoms with E-state index in [1.807, 2.05) is 14.0 Å². The smallest absolute Gasteiger partial charge is 0.324 e. The highest BCUT2D eigenvalue weighted by atomic mass is 16.5. The topological polar surface area (TPSA) is 50.8 Å². The largest absolute Gasteiger partial charge is 0.465 e. The number of ether oxygens (including phenoxy) is 2. The van der Waals surface area contributed by atoms with Crippen LogP contribution in [0.2, 0.25) is 0 Å². The zero-order valence-corrected chi connectivity index (χ0v) is 12.1. The summed E-state index contributed by atoms with van der Waals surface area (Å²) in [6.45, 7) is 4.75. The Labute approximate surface area is 115 Å². The minimum Gasteiger partial charge on any atom is -0.465 e. The molecule has 2 rings (SSSR count). The van der Waals surface area contributed by atoms with E-state index in [9.17, 15) is 4.79 Å². The Hall–Kier alpha value is -0.650. The van der Waals surface area contributed by atoms with E-state index in [0.717, 1.165) is 26.0 Å². The summed E-state index contributed by atoms with van der Waals surface area (Å²) in [5.41, 5.74) is 0. The van der Waals surface area contributed by atoms with Crippen LogP contribution in [-0.2, 0) is 14.3 Å². The molecule has 0 radical (unpaired) electrons. The number of rotatable bonds is 8. The molecule has 2 aliphatic rings. The molecule has 0 aromatic rings. The number of carbonyl (C=O) groups is 1. The Kier molecular flexibility index (Phi) is 5.60. The molecule has 2 fully saturated rings. The lowest BCUT2D eigenvalue weighted by molar-refractivity contribution is -0.146. The summed E-state index contributed by atoms with van der Waals surface area (Å²) in [6, 6.07) is 0.296. The summed E-state index contributed by atoms with van der Waals surface area (Å²) in [4.78, 5) is 14.1. The van der Waals surface area contributed by atoms with Crippen molar-refractivity contribution in [3.05, 3.63) is 0 Å². The SMILES string of the molecule is CCOC(=O)C(CN(C)CC1CCCO1)NC1CC1. The molecule has 5 nitrogen and oxygen atoms in total. The average molecular weight is 270 g/mol. The van der Waals surface area contributed by atoms with Crippen molar-refractivity contribution in [3.63, 3.8) is 0 Å². The quantitative estimate of drug-likeness (QED) is 0.661. The fourth-order valence-corrected chi connectivity index (χ4v) is 2.49. The second-order valence-electron chi connectivity index (χ2n) is 5.60. The van der Waals surface area contributed by atoms with Gasteiger partial charge in [0.25, 0.3) is 0 Å². The molecule has 110 valence electrons. The van der Waals surface area contributed by atoms with Crippen molar-refractivity contribution in [2.45, 2.75) is 50.8 Å². The van der Waals surface area contributed by atoms with Crippen LogP contribution < -0.4 is 5.32 Å². The third-order valence-corrected chi connectivity index (χ3v) is 3.62. The normalized spacial score (nSPS) is 24.7. The van der Waals surface area contributed by atoms with Gasteiger partial charge in [-0.3, -0.25) is 4.79 Å². The molecule has 0 bridgehead atoms. The van der Waals surface area contributed by atoms with Gasteiger partial charge in [0.05, 0.1) is 12.7 Å². The van der Waals surface area contributed by atoms with E-state index in [0.29, 0.717) is 25.3 Å². The number of esters is 1. The van der Waals surface area contributed by atoms with Crippen molar-refractivity contribution in [1.82, 2.24) is 10.2 Å². The van der Waals surface area contributed by atoms with E-state index in [-0.39, 0.29) is 12.0 Å². The average Bonchev–Trinajstić information content (AvgIpc) is 3.04. The molecule has 1 aliphatic heterocycles. The van der Waals surface area contributed by atoms with Crippen LogP contribution in [0.5, 0.6) is 0 Å². The van der Waals surface area contributed by atoms with Crippen molar-refractivity contribution < 1.29 is 14.3 Å². The lowest BCUT2D eigenvalue weighted by Crippen LogP contribution is -2.48. The summed E-state index contributed by atoms with van der Waals surface area (Å²) < 4.78 is 10.8. The molecule has 2 atom stereocenters. The third kappa shape index (κ3) is 5.09. The van der Waals surface area contributed by atoms with Crippen molar-refractivity contribution >= 4 is 5.97 Å². The summed E-state index contributed by atoms with van der Waals surface area (Å²) in [5.74, 6) is -0.131. The van der Waals surface area contributed by atoms with Crippen LogP contribution in [0, 0.1) is 0 Å². The highest BCUT2D eigenvalue weighted by Gasteiger charge is 2.30. The Balaban J connectivity index is 1.77. The molecular weight excluding hydrogens is 244 g/mol. The van der Waals surface area contributed by atoms with Crippen LogP contribution in [0.1, 0.15) is 32.6 Å². The molecule has 0 aromatic carbocycles. The predicted molar refractivity (Wildman–Crippen MR) is 73.0 cm³/mol. The molecule has 0 spiro atoms. The summed E-state index contributed by atoms with van der Waals surface area (Å²) >= 11 is 0. The number of likely N-dealkylation sites (N-methyl/N-ethyl adjacent to an activating group) is 1. The Morgan fingerprint density at radius 3 is 2.84 bits per heavy atom. The lowest BCUT2D eigenvalue weighted by Gasteiger charge is -2.25. The van der Waals surface area contributed by atoms with Gasteiger partial charge < -0.3 is 19.7 Å². The lowest BCUT2D eigenvalue weighted by atomic mass is 10.2. The van der Waals surface area contributed by atoms with E-state index in [1.165, 1.54) is 12.8 Å².